The number of amides is 1. The summed E-state index contributed by atoms with van der Waals surface area (Å²) in [5, 5.41) is 9.83. The summed E-state index contributed by atoms with van der Waals surface area (Å²) in [6, 6.07) is 28.5. The Morgan fingerprint density at radius 2 is 1.53 bits per heavy atom. The average Bonchev–Trinajstić information content (AvgIpc) is 2.91. The molecule has 3 aromatic carbocycles. The van der Waals surface area contributed by atoms with Gasteiger partial charge in [0.1, 0.15) is 12.7 Å². The number of nitrogens with zero attached hydrogens (tertiary/aromatic N) is 1. The summed E-state index contributed by atoms with van der Waals surface area (Å²) in [4.78, 5) is 27.4. The average molecular weight is 488 g/mol. The fourth-order valence-corrected chi connectivity index (χ4v) is 4.92. The third-order valence-corrected chi connectivity index (χ3v) is 6.63. The second-order valence-electron chi connectivity index (χ2n) is 9.33. The largest absolute Gasteiger partial charge is 0.481 e. The molecule has 0 spiro atoms. The zero-order valence-corrected chi connectivity index (χ0v) is 20.6. The number of carboxylic acids is 1. The van der Waals surface area contributed by atoms with Crippen molar-refractivity contribution in [2.75, 3.05) is 6.54 Å². The van der Waals surface area contributed by atoms with Crippen molar-refractivity contribution in [3.05, 3.63) is 108 Å². The molecular formula is C30H33NO5. The van der Waals surface area contributed by atoms with Crippen LogP contribution in [0.5, 0.6) is 0 Å². The van der Waals surface area contributed by atoms with Crippen molar-refractivity contribution >= 4 is 12.1 Å². The highest BCUT2D eigenvalue weighted by atomic mass is 16.6. The van der Waals surface area contributed by atoms with E-state index in [1.807, 2.05) is 91.0 Å². The number of hydrogen-bond acceptors (Lipinski definition) is 4. The lowest BCUT2D eigenvalue weighted by Gasteiger charge is -2.50. The Bertz CT molecular complexity index is 1120. The fourth-order valence-electron chi connectivity index (χ4n) is 4.92. The topological polar surface area (TPSA) is 76.1 Å². The molecule has 1 heterocycles. The van der Waals surface area contributed by atoms with E-state index in [0.717, 1.165) is 29.5 Å². The van der Waals surface area contributed by atoms with E-state index >= 15 is 0 Å². The van der Waals surface area contributed by atoms with Gasteiger partial charge in [-0.05, 0) is 23.1 Å². The Morgan fingerprint density at radius 3 is 2.11 bits per heavy atom. The number of carbonyl (C=O) groups excluding carboxylic acids is 1. The summed E-state index contributed by atoms with van der Waals surface area (Å²) < 4.78 is 12.5. The van der Waals surface area contributed by atoms with Crippen LogP contribution >= 0.6 is 0 Å². The van der Waals surface area contributed by atoms with Gasteiger partial charge in [0.2, 0.25) is 0 Å². The van der Waals surface area contributed by atoms with Gasteiger partial charge in [-0.25, -0.2) is 4.79 Å². The van der Waals surface area contributed by atoms with Crippen LogP contribution in [0.15, 0.2) is 91.0 Å². The molecule has 4 rings (SSSR count). The molecule has 0 aliphatic carbocycles. The molecule has 0 bridgehead atoms. The predicted octanol–water partition coefficient (Wildman–Crippen LogP) is 6.54. The van der Waals surface area contributed by atoms with Crippen LogP contribution in [-0.4, -0.2) is 34.2 Å². The third kappa shape index (κ3) is 6.13. The normalized spacial score (nSPS) is 21.6. The Labute approximate surface area is 212 Å². The molecule has 6 nitrogen and oxygen atoms in total. The Kier molecular flexibility index (Phi) is 8.39. The van der Waals surface area contributed by atoms with E-state index in [4.69, 9.17) is 9.47 Å². The molecule has 1 N–H and O–H groups in total. The van der Waals surface area contributed by atoms with Crippen molar-refractivity contribution in [3.63, 3.8) is 0 Å². The van der Waals surface area contributed by atoms with Gasteiger partial charge in [-0.1, -0.05) is 111 Å². The van der Waals surface area contributed by atoms with Crippen LogP contribution in [0.4, 0.5) is 4.79 Å². The zero-order valence-electron chi connectivity index (χ0n) is 20.6. The zero-order chi connectivity index (χ0) is 25.4. The van der Waals surface area contributed by atoms with E-state index < -0.39 is 29.8 Å². The van der Waals surface area contributed by atoms with Crippen LogP contribution in [0, 0.1) is 0 Å². The predicted molar refractivity (Wildman–Crippen MR) is 137 cm³/mol. The first kappa shape index (κ1) is 25.5. The van der Waals surface area contributed by atoms with Gasteiger partial charge in [0.25, 0.3) is 0 Å². The molecular weight excluding hydrogens is 454 g/mol. The van der Waals surface area contributed by atoms with Crippen molar-refractivity contribution in [2.45, 2.75) is 57.0 Å². The number of ether oxygens (including phenoxy) is 2. The number of carboxylic acid groups (broad SMARTS) is 1. The van der Waals surface area contributed by atoms with Gasteiger partial charge in [-0.3, -0.25) is 9.69 Å². The molecule has 36 heavy (non-hydrogen) atoms. The Hall–Kier alpha value is -3.64. The molecule has 1 aliphatic rings. The van der Waals surface area contributed by atoms with Crippen molar-refractivity contribution in [2.24, 2.45) is 0 Å². The number of benzene rings is 3. The van der Waals surface area contributed by atoms with Crippen LogP contribution in [0.2, 0.25) is 0 Å². The van der Waals surface area contributed by atoms with E-state index in [0.29, 0.717) is 6.42 Å². The number of hydrogen-bond donors (Lipinski definition) is 1. The maximum atomic E-state index is 13.7. The number of unbranched alkanes of at least 4 members (excludes halogenated alkanes) is 1. The van der Waals surface area contributed by atoms with Crippen LogP contribution < -0.4 is 0 Å². The van der Waals surface area contributed by atoms with Gasteiger partial charge in [-0.2, -0.15) is 0 Å². The van der Waals surface area contributed by atoms with Crippen molar-refractivity contribution in [3.8, 4) is 0 Å². The molecule has 1 amide bonds. The van der Waals surface area contributed by atoms with E-state index in [2.05, 4.69) is 6.92 Å². The minimum absolute atomic E-state index is 0.134. The van der Waals surface area contributed by atoms with Gasteiger partial charge in [0.05, 0.1) is 24.6 Å². The lowest BCUT2D eigenvalue weighted by atomic mass is 9.84. The van der Waals surface area contributed by atoms with Crippen LogP contribution in [0.3, 0.4) is 0 Å². The smallest absolute Gasteiger partial charge is 0.410 e. The van der Waals surface area contributed by atoms with Crippen LogP contribution in [0.25, 0.3) is 0 Å². The Morgan fingerprint density at radius 1 is 0.944 bits per heavy atom. The summed E-state index contributed by atoms with van der Waals surface area (Å²) in [5.74, 6) is -0.950. The molecule has 1 saturated heterocycles. The molecule has 188 valence electrons. The third-order valence-electron chi connectivity index (χ3n) is 6.63. The van der Waals surface area contributed by atoms with Gasteiger partial charge < -0.3 is 14.6 Å². The van der Waals surface area contributed by atoms with Crippen LogP contribution in [-0.2, 0) is 20.9 Å². The number of aliphatic carboxylic acids is 1. The highest BCUT2D eigenvalue weighted by Gasteiger charge is 2.50. The highest BCUT2D eigenvalue weighted by molar-refractivity contribution is 5.71. The molecule has 3 atom stereocenters. The molecule has 6 heteroatoms. The van der Waals surface area contributed by atoms with Gasteiger partial charge in [-0.15, -0.1) is 0 Å². The van der Waals surface area contributed by atoms with E-state index in [1.54, 1.807) is 4.90 Å². The Balaban J connectivity index is 1.76. The molecule has 1 aliphatic heterocycles. The minimum atomic E-state index is -1.03. The van der Waals surface area contributed by atoms with Crippen molar-refractivity contribution in [1.82, 2.24) is 4.90 Å². The van der Waals surface area contributed by atoms with E-state index in [-0.39, 0.29) is 19.6 Å². The lowest BCUT2D eigenvalue weighted by Crippen LogP contribution is -2.56. The second-order valence-corrected chi connectivity index (χ2v) is 9.33. The monoisotopic (exact) mass is 487 g/mol. The van der Waals surface area contributed by atoms with Crippen LogP contribution in [0.1, 0.15) is 61.4 Å². The molecule has 0 saturated carbocycles. The second kappa shape index (κ2) is 11.9. The summed E-state index contributed by atoms with van der Waals surface area (Å²) in [5.41, 5.74) is 1.65. The molecule has 3 aromatic rings. The first-order valence-corrected chi connectivity index (χ1v) is 12.5. The minimum Gasteiger partial charge on any atom is -0.481 e. The van der Waals surface area contributed by atoms with Crippen molar-refractivity contribution < 1.29 is 24.2 Å². The molecule has 1 fully saturated rings. The summed E-state index contributed by atoms with van der Waals surface area (Å²) in [7, 11) is 0. The van der Waals surface area contributed by atoms with Gasteiger partial charge in [0, 0.05) is 0 Å². The standard InChI is InChI=1S/C30H33NO5/c1-2-3-19-30(20-26(32)33)22-31(29(34)35-21-23-13-7-4-8-14-23)27(24-15-9-5-10-16-24)28(36-30)25-17-11-6-12-18-25/h4-18,27-28H,2-3,19-22H2,1H3,(H,32,33)/t27-,28+,30+/m1/s1. The van der Waals surface area contributed by atoms with Gasteiger partial charge >= 0.3 is 12.1 Å². The summed E-state index contributed by atoms with van der Waals surface area (Å²) in [6.07, 6.45) is 0.980. The lowest BCUT2D eigenvalue weighted by molar-refractivity contribution is -0.192. The van der Waals surface area contributed by atoms with Gasteiger partial charge in [0.15, 0.2) is 0 Å². The number of morpholine rings is 1. The number of rotatable bonds is 9. The summed E-state index contributed by atoms with van der Waals surface area (Å²) in [6.45, 7) is 2.33. The molecule has 0 aromatic heterocycles. The maximum absolute atomic E-state index is 13.7. The SMILES string of the molecule is CCCC[C@]1(CC(=O)O)CN(C(=O)OCc2ccccc2)[C@H](c2ccccc2)[C@H](c2ccccc2)O1. The number of carbonyl (C=O) groups is 2. The maximum Gasteiger partial charge on any atom is 0.410 e. The first-order chi connectivity index (χ1) is 17.5. The quantitative estimate of drug-likeness (QED) is 0.371. The fraction of sp³-hybridized carbons (Fsp3) is 0.333. The summed E-state index contributed by atoms with van der Waals surface area (Å²) >= 11 is 0. The van der Waals surface area contributed by atoms with E-state index in [1.165, 1.54) is 0 Å². The van der Waals surface area contributed by atoms with E-state index in [9.17, 15) is 14.7 Å². The highest BCUT2D eigenvalue weighted by Crippen LogP contribution is 2.47. The first-order valence-electron chi connectivity index (χ1n) is 12.5. The molecule has 0 unspecified atom stereocenters. The van der Waals surface area contributed by atoms with Crippen molar-refractivity contribution in [1.29, 1.82) is 0 Å². The molecule has 0 radical (unpaired) electrons.